The molecule has 0 amide bonds. The minimum absolute atomic E-state index is 1.38. The van der Waals surface area contributed by atoms with Crippen molar-refractivity contribution in [2.45, 2.75) is 13.8 Å². The van der Waals surface area contributed by atoms with Crippen molar-refractivity contribution in [2.75, 3.05) is 0 Å². The Balaban J connectivity index is 2.65. The van der Waals surface area contributed by atoms with E-state index in [1.54, 1.807) is 0 Å². The van der Waals surface area contributed by atoms with Crippen molar-refractivity contribution < 1.29 is 0 Å². The van der Waals surface area contributed by atoms with Gasteiger partial charge in [0.05, 0.1) is 10.2 Å². The number of hydrogen-bond donors (Lipinski definition) is 0. The summed E-state index contributed by atoms with van der Waals surface area (Å²) in [5.74, 6) is 0. The van der Waals surface area contributed by atoms with Crippen LogP contribution in [0.15, 0.2) is 24.3 Å². The molecule has 0 saturated heterocycles. The molecule has 76 valence electrons. The van der Waals surface area contributed by atoms with Crippen molar-refractivity contribution in [3.05, 3.63) is 35.5 Å². The van der Waals surface area contributed by atoms with Gasteiger partial charge in [0, 0.05) is 22.8 Å². The summed E-state index contributed by atoms with van der Waals surface area (Å²) in [5, 5.41) is 1.39. The fourth-order valence-corrected chi connectivity index (χ4v) is 3.49. The molecule has 0 N–H and O–H groups in total. The van der Waals surface area contributed by atoms with E-state index in [9.17, 15) is 0 Å². The average molecular weight is 215 g/mol. The van der Waals surface area contributed by atoms with E-state index in [0.29, 0.717) is 0 Å². The molecule has 0 spiro atoms. The zero-order valence-electron chi connectivity index (χ0n) is 9.16. The van der Waals surface area contributed by atoms with Gasteiger partial charge in [-0.3, -0.25) is 0 Å². The smallest absolute Gasteiger partial charge is 0.0672 e. The number of benzene rings is 1. The summed E-state index contributed by atoms with van der Waals surface area (Å²) >= 11 is 1.90. The molecule has 0 aliphatic carbocycles. The van der Waals surface area contributed by atoms with Gasteiger partial charge in [0.15, 0.2) is 0 Å². The van der Waals surface area contributed by atoms with Crippen LogP contribution in [-0.2, 0) is 7.05 Å². The molecule has 0 radical (unpaired) electrons. The molecule has 0 aliphatic rings. The molecule has 2 aromatic heterocycles. The van der Waals surface area contributed by atoms with Crippen molar-refractivity contribution in [1.82, 2.24) is 4.57 Å². The molecule has 1 aromatic carbocycles. The predicted octanol–water partition coefficient (Wildman–Crippen LogP) is 4.01. The van der Waals surface area contributed by atoms with E-state index in [-0.39, 0.29) is 0 Å². The molecule has 2 heteroatoms. The fraction of sp³-hybridized carbons (Fsp3) is 0.231. The quantitative estimate of drug-likeness (QED) is 0.534. The summed E-state index contributed by atoms with van der Waals surface area (Å²) in [5.41, 5.74) is 4.20. The van der Waals surface area contributed by atoms with Crippen molar-refractivity contribution in [1.29, 1.82) is 0 Å². The van der Waals surface area contributed by atoms with Crippen LogP contribution in [0.2, 0.25) is 0 Å². The Morgan fingerprint density at radius 3 is 2.67 bits per heavy atom. The van der Waals surface area contributed by atoms with E-state index in [0.717, 1.165) is 0 Å². The van der Waals surface area contributed by atoms with Gasteiger partial charge in [-0.15, -0.1) is 11.3 Å². The van der Waals surface area contributed by atoms with Gasteiger partial charge in [-0.25, -0.2) is 0 Å². The maximum atomic E-state index is 2.31. The van der Waals surface area contributed by atoms with E-state index in [1.165, 1.54) is 31.6 Å². The van der Waals surface area contributed by atoms with Crippen LogP contribution < -0.4 is 0 Å². The van der Waals surface area contributed by atoms with Crippen molar-refractivity contribution in [3.63, 3.8) is 0 Å². The number of rotatable bonds is 0. The molecule has 1 nitrogen and oxygen atoms in total. The zero-order valence-corrected chi connectivity index (χ0v) is 9.98. The minimum atomic E-state index is 1.38. The van der Waals surface area contributed by atoms with E-state index in [1.807, 2.05) is 11.3 Å². The number of fused-ring (bicyclic) bond motifs is 3. The maximum Gasteiger partial charge on any atom is 0.0672 e. The summed E-state index contributed by atoms with van der Waals surface area (Å²) in [6.45, 7) is 4.41. The average Bonchev–Trinajstić information content (AvgIpc) is 2.72. The van der Waals surface area contributed by atoms with Crippen molar-refractivity contribution in [3.8, 4) is 0 Å². The predicted molar refractivity (Wildman–Crippen MR) is 67.8 cm³/mol. The highest BCUT2D eigenvalue weighted by atomic mass is 32.1. The lowest BCUT2D eigenvalue weighted by Crippen LogP contribution is -1.90. The van der Waals surface area contributed by atoms with Crippen LogP contribution in [-0.4, -0.2) is 4.57 Å². The number of aromatic nitrogens is 1. The Kier molecular flexibility index (Phi) is 1.71. The van der Waals surface area contributed by atoms with Crippen molar-refractivity contribution >= 4 is 31.6 Å². The third-order valence-electron chi connectivity index (χ3n) is 3.29. The highest BCUT2D eigenvalue weighted by molar-refractivity contribution is 7.26. The van der Waals surface area contributed by atoms with Gasteiger partial charge in [-0.1, -0.05) is 18.2 Å². The van der Waals surface area contributed by atoms with E-state index in [2.05, 4.69) is 49.7 Å². The third kappa shape index (κ3) is 1.03. The molecule has 2 heterocycles. The van der Waals surface area contributed by atoms with E-state index < -0.39 is 0 Å². The number of aryl methyl sites for hydroxylation is 2. The largest absolute Gasteiger partial charge is 0.346 e. The van der Waals surface area contributed by atoms with Crippen molar-refractivity contribution in [2.24, 2.45) is 7.05 Å². The number of hydrogen-bond acceptors (Lipinski definition) is 1. The molecule has 0 atom stereocenters. The monoisotopic (exact) mass is 215 g/mol. The highest BCUT2D eigenvalue weighted by Gasteiger charge is 2.13. The molecule has 15 heavy (non-hydrogen) atoms. The Morgan fingerprint density at radius 1 is 1.13 bits per heavy atom. The van der Waals surface area contributed by atoms with Crippen LogP contribution in [0.25, 0.3) is 20.3 Å². The summed E-state index contributed by atoms with van der Waals surface area (Å²) < 4.78 is 5.14. The molecule has 3 rings (SSSR count). The first-order valence-corrected chi connectivity index (χ1v) is 5.95. The molecule has 0 bridgehead atoms. The molecule has 0 aliphatic heterocycles. The van der Waals surface area contributed by atoms with Gasteiger partial charge >= 0.3 is 0 Å². The number of nitrogens with zero attached hydrogens (tertiary/aromatic N) is 1. The summed E-state index contributed by atoms with van der Waals surface area (Å²) in [7, 11) is 2.16. The first-order chi connectivity index (χ1) is 7.20. The van der Waals surface area contributed by atoms with Crippen LogP contribution >= 0.6 is 11.3 Å². The normalized spacial score (nSPS) is 11.7. The van der Waals surface area contributed by atoms with Crippen LogP contribution in [0.3, 0.4) is 0 Å². The van der Waals surface area contributed by atoms with Gasteiger partial charge in [0.2, 0.25) is 0 Å². The van der Waals surface area contributed by atoms with Crippen LogP contribution in [0.4, 0.5) is 0 Å². The van der Waals surface area contributed by atoms with Crippen LogP contribution in [0.1, 0.15) is 11.3 Å². The standard InChI is InChI=1S/C13H13NS/c1-8-9(2)14(3)12-10-6-4-5-7-11(10)15-13(8)12/h4-7H,1-3H3. The maximum absolute atomic E-state index is 2.31. The zero-order chi connectivity index (χ0) is 10.6. The van der Waals surface area contributed by atoms with Gasteiger partial charge < -0.3 is 4.57 Å². The molecule has 0 fully saturated rings. The Bertz CT molecular complexity index is 658. The van der Waals surface area contributed by atoms with E-state index >= 15 is 0 Å². The number of thiophene rings is 1. The lowest BCUT2D eigenvalue weighted by molar-refractivity contribution is 0.913. The lowest BCUT2D eigenvalue weighted by Gasteiger charge is -1.98. The second-order valence-electron chi connectivity index (χ2n) is 4.05. The molecular formula is C13H13NS. The van der Waals surface area contributed by atoms with Crippen LogP contribution in [0, 0.1) is 13.8 Å². The highest BCUT2D eigenvalue weighted by Crippen LogP contribution is 2.37. The molecular weight excluding hydrogens is 202 g/mol. The first-order valence-electron chi connectivity index (χ1n) is 5.13. The third-order valence-corrected chi connectivity index (χ3v) is 4.57. The second-order valence-corrected chi connectivity index (χ2v) is 5.10. The molecule has 0 unspecified atom stereocenters. The molecule has 3 aromatic rings. The molecule has 0 saturated carbocycles. The van der Waals surface area contributed by atoms with Gasteiger partial charge in [-0.2, -0.15) is 0 Å². The van der Waals surface area contributed by atoms with Gasteiger partial charge in [-0.05, 0) is 25.5 Å². The van der Waals surface area contributed by atoms with E-state index in [4.69, 9.17) is 0 Å². The minimum Gasteiger partial charge on any atom is -0.346 e. The first kappa shape index (κ1) is 8.98. The topological polar surface area (TPSA) is 4.93 Å². The Labute approximate surface area is 92.9 Å². The van der Waals surface area contributed by atoms with Crippen LogP contribution in [0.5, 0.6) is 0 Å². The Hall–Kier alpha value is -1.28. The second kappa shape index (κ2) is 2.86. The van der Waals surface area contributed by atoms with Gasteiger partial charge in [0.25, 0.3) is 0 Å². The van der Waals surface area contributed by atoms with Gasteiger partial charge in [0.1, 0.15) is 0 Å². The fourth-order valence-electron chi connectivity index (χ4n) is 2.20. The Morgan fingerprint density at radius 2 is 1.87 bits per heavy atom. The summed E-state index contributed by atoms with van der Waals surface area (Å²) in [6, 6.07) is 8.65. The summed E-state index contributed by atoms with van der Waals surface area (Å²) in [4.78, 5) is 0. The lowest BCUT2D eigenvalue weighted by atomic mass is 10.2. The summed E-state index contributed by atoms with van der Waals surface area (Å²) in [6.07, 6.45) is 0. The SMILES string of the molecule is Cc1c(C)n(C)c2c1sc1ccccc12.